The summed E-state index contributed by atoms with van der Waals surface area (Å²) in [7, 11) is 0. The quantitative estimate of drug-likeness (QED) is 0.868. The molecule has 128 valence electrons. The van der Waals surface area contributed by atoms with Crippen LogP contribution in [0.1, 0.15) is 35.3 Å². The van der Waals surface area contributed by atoms with E-state index < -0.39 is 12.1 Å². The largest absolute Gasteiger partial charge is 0.488 e. The first-order valence-electron chi connectivity index (χ1n) is 8.08. The van der Waals surface area contributed by atoms with Gasteiger partial charge >= 0.3 is 0 Å². The summed E-state index contributed by atoms with van der Waals surface area (Å²) in [5.41, 5.74) is 8.74. The lowest BCUT2D eigenvalue weighted by Gasteiger charge is -2.21. The van der Waals surface area contributed by atoms with E-state index in [1.165, 1.54) is 0 Å². The Balaban J connectivity index is 1.69. The zero-order valence-corrected chi connectivity index (χ0v) is 14.4. The maximum absolute atomic E-state index is 10.5. The number of benzene rings is 2. The fourth-order valence-electron chi connectivity index (χ4n) is 2.75. The van der Waals surface area contributed by atoms with Gasteiger partial charge in [-0.2, -0.15) is 0 Å². The summed E-state index contributed by atoms with van der Waals surface area (Å²) in [6, 6.07) is 12.5. The molecule has 3 N–H and O–H groups in total. The molecule has 3 atom stereocenters. The topological polar surface area (TPSA) is 64.7 Å². The van der Waals surface area contributed by atoms with Crippen molar-refractivity contribution in [3.05, 3.63) is 64.2 Å². The van der Waals surface area contributed by atoms with Crippen molar-refractivity contribution < 1.29 is 14.6 Å². The molecule has 0 aliphatic carbocycles. The second-order valence-electron chi connectivity index (χ2n) is 6.15. The average Bonchev–Trinajstić information content (AvgIpc) is 3.10. The van der Waals surface area contributed by atoms with Crippen LogP contribution in [-0.4, -0.2) is 24.4 Å². The van der Waals surface area contributed by atoms with Crippen LogP contribution in [0.5, 0.6) is 5.75 Å². The van der Waals surface area contributed by atoms with Gasteiger partial charge in [0, 0.05) is 11.4 Å². The number of halogens is 1. The molecule has 2 aromatic carbocycles. The Morgan fingerprint density at radius 2 is 1.92 bits per heavy atom. The fourth-order valence-corrected chi connectivity index (χ4v) is 2.94. The molecule has 3 rings (SSSR count). The molecule has 1 fully saturated rings. The third-order valence-electron chi connectivity index (χ3n) is 4.33. The van der Waals surface area contributed by atoms with Crippen molar-refractivity contribution in [2.24, 2.45) is 5.73 Å². The van der Waals surface area contributed by atoms with Crippen LogP contribution in [0.15, 0.2) is 42.5 Å². The molecule has 0 aromatic heterocycles. The lowest BCUT2D eigenvalue weighted by Crippen LogP contribution is -2.20. The molecule has 5 heteroatoms. The van der Waals surface area contributed by atoms with Crippen LogP contribution in [0.25, 0.3) is 0 Å². The molecule has 4 nitrogen and oxygen atoms in total. The van der Waals surface area contributed by atoms with Crippen molar-refractivity contribution in [1.29, 1.82) is 0 Å². The molecule has 1 aliphatic rings. The normalized spacial score (nSPS) is 19.9. The second kappa shape index (κ2) is 7.53. The zero-order chi connectivity index (χ0) is 17.1. The van der Waals surface area contributed by atoms with E-state index in [0.29, 0.717) is 11.6 Å². The van der Waals surface area contributed by atoms with Gasteiger partial charge < -0.3 is 20.3 Å². The number of hydrogen-bond donors (Lipinski definition) is 2. The summed E-state index contributed by atoms with van der Waals surface area (Å²) in [4.78, 5) is 0. The van der Waals surface area contributed by atoms with Crippen LogP contribution in [0.4, 0.5) is 0 Å². The Hall–Kier alpha value is -1.59. The molecule has 0 saturated carbocycles. The van der Waals surface area contributed by atoms with Crippen LogP contribution in [0.2, 0.25) is 5.02 Å². The van der Waals surface area contributed by atoms with E-state index >= 15 is 0 Å². The van der Waals surface area contributed by atoms with Gasteiger partial charge in [0.05, 0.1) is 25.4 Å². The van der Waals surface area contributed by atoms with E-state index in [1.807, 2.05) is 49.4 Å². The van der Waals surface area contributed by atoms with Crippen LogP contribution in [0, 0.1) is 6.92 Å². The Kier molecular flexibility index (Phi) is 5.41. The summed E-state index contributed by atoms with van der Waals surface area (Å²) in [5, 5.41) is 11.2. The van der Waals surface area contributed by atoms with Gasteiger partial charge in [0.25, 0.3) is 0 Å². The van der Waals surface area contributed by atoms with Crippen molar-refractivity contribution in [3.63, 3.8) is 0 Å². The molecular formula is C19H22ClNO3. The minimum absolute atomic E-state index is 0.109. The van der Waals surface area contributed by atoms with Gasteiger partial charge in [-0.25, -0.2) is 0 Å². The average molecular weight is 348 g/mol. The highest BCUT2D eigenvalue weighted by Gasteiger charge is 2.20. The van der Waals surface area contributed by atoms with E-state index in [9.17, 15) is 5.11 Å². The smallest absolute Gasteiger partial charge is 0.124 e. The highest BCUT2D eigenvalue weighted by atomic mass is 35.5. The zero-order valence-electron chi connectivity index (χ0n) is 13.6. The predicted octanol–water partition coefficient (Wildman–Crippen LogP) is 3.55. The van der Waals surface area contributed by atoms with Gasteiger partial charge in [-0.05, 0) is 41.8 Å². The van der Waals surface area contributed by atoms with Gasteiger partial charge in [0.15, 0.2) is 0 Å². The molecule has 2 aromatic rings. The van der Waals surface area contributed by atoms with E-state index in [0.717, 1.165) is 35.5 Å². The Labute approximate surface area is 147 Å². The van der Waals surface area contributed by atoms with Crippen molar-refractivity contribution in [1.82, 2.24) is 0 Å². The molecule has 0 spiro atoms. The van der Waals surface area contributed by atoms with Crippen molar-refractivity contribution in [2.75, 3.05) is 13.2 Å². The van der Waals surface area contributed by atoms with Crippen LogP contribution >= 0.6 is 11.6 Å². The summed E-state index contributed by atoms with van der Waals surface area (Å²) in [5.74, 6) is 0.772. The minimum Gasteiger partial charge on any atom is -0.488 e. The first kappa shape index (κ1) is 17.2. The van der Waals surface area contributed by atoms with Crippen LogP contribution < -0.4 is 10.5 Å². The molecule has 0 bridgehead atoms. The number of nitrogens with two attached hydrogens (primary N) is 1. The van der Waals surface area contributed by atoms with E-state index in [4.69, 9.17) is 26.8 Å². The Morgan fingerprint density at radius 3 is 2.54 bits per heavy atom. The maximum Gasteiger partial charge on any atom is 0.124 e. The van der Waals surface area contributed by atoms with Crippen molar-refractivity contribution in [3.8, 4) is 5.75 Å². The number of aryl methyl sites for hydroxylation is 1. The van der Waals surface area contributed by atoms with Crippen molar-refractivity contribution >= 4 is 11.6 Å². The van der Waals surface area contributed by atoms with E-state index in [1.54, 1.807) is 0 Å². The molecule has 3 unspecified atom stereocenters. The molecular weight excluding hydrogens is 326 g/mol. The van der Waals surface area contributed by atoms with Crippen LogP contribution in [-0.2, 0) is 4.74 Å². The highest BCUT2D eigenvalue weighted by molar-refractivity contribution is 6.31. The maximum atomic E-state index is 10.5. The van der Waals surface area contributed by atoms with Crippen molar-refractivity contribution in [2.45, 2.75) is 31.6 Å². The SMILES string of the molecule is Cc1ccc(C(N)C(O)c2ccc(OC3CCOC3)cc2)cc1Cl. The van der Waals surface area contributed by atoms with E-state index in [-0.39, 0.29) is 6.10 Å². The molecule has 1 heterocycles. The number of ether oxygens (including phenoxy) is 2. The number of hydrogen-bond acceptors (Lipinski definition) is 4. The fraction of sp³-hybridized carbons (Fsp3) is 0.368. The Bertz CT molecular complexity index is 684. The predicted molar refractivity (Wildman–Crippen MR) is 94.4 cm³/mol. The monoisotopic (exact) mass is 347 g/mol. The molecule has 24 heavy (non-hydrogen) atoms. The first-order chi connectivity index (χ1) is 11.5. The number of aliphatic hydroxyl groups is 1. The Morgan fingerprint density at radius 1 is 1.21 bits per heavy atom. The highest BCUT2D eigenvalue weighted by Crippen LogP contribution is 2.30. The second-order valence-corrected chi connectivity index (χ2v) is 6.56. The summed E-state index contributed by atoms with van der Waals surface area (Å²) in [6.07, 6.45) is 0.203. The molecule has 1 saturated heterocycles. The van der Waals surface area contributed by atoms with Gasteiger partial charge in [0.2, 0.25) is 0 Å². The van der Waals surface area contributed by atoms with Gasteiger partial charge in [-0.1, -0.05) is 35.9 Å². The lowest BCUT2D eigenvalue weighted by molar-refractivity contribution is 0.140. The van der Waals surface area contributed by atoms with Gasteiger partial charge in [-0.3, -0.25) is 0 Å². The standard InChI is InChI=1S/C19H22ClNO3/c1-12-2-3-14(10-17(12)20)18(21)19(22)13-4-6-15(7-5-13)24-16-8-9-23-11-16/h2-7,10,16,18-19,22H,8-9,11,21H2,1H3. The summed E-state index contributed by atoms with van der Waals surface area (Å²) >= 11 is 6.15. The number of aliphatic hydroxyl groups excluding tert-OH is 1. The minimum atomic E-state index is -0.812. The van der Waals surface area contributed by atoms with Crippen LogP contribution in [0.3, 0.4) is 0 Å². The summed E-state index contributed by atoms with van der Waals surface area (Å²) in [6.45, 7) is 3.31. The van der Waals surface area contributed by atoms with Gasteiger partial charge in [0.1, 0.15) is 11.9 Å². The lowest BCUT2D eigenvalue weighted by atomic mass is 9.96. The number of rotatable bonds is 5. The molecule has 0 amide bonds. The first-order valence-corrected chi connectivity index (χ1v) is 8.46. The third-order valence-corrected chi connectivity index (χ3v) is 4.74. The van der Waals surface area contributed by atoms with Gasteiger partial charge in [-0.15, -0.1) is 0 Å². The molecule has 1 aliphatic heterocycles. The summed E-state index contributed by atoms with van der Waals surface area (Å²) < 4.78 is 11.1. The van der Waals surface area contributed by atoms with E-state index in [2.05, 4.69) is 0 Å². The third kappa shape index (κ3) is 3.90. The molecule has 0 radical (unpaired) electrons.